The first-order chi connectivity index (χ1) is 11.0. The van der Waals surface area contributed by atoms with Gasteiger partial charge in [-0.05, 0) is 38.3 Å². The summed E-state index contributed by atoms with van der Waals surface area (Å²) < 4.78 is 0. The van der Waals surface area contributed by atoms with E-state index in [-0.39, 0.29) is 5.91 Å². The first-order valence-electron chi connectivity index (χ1n) is 8.15. The zero-order valence-electron chi connectivity index (χ0n) is 13.7. The molecule has 23 heavy (non-hydrogen) atoms. The number of hydrogen-bond donors (Lipinski definition) is 1. The topological polar surface area (TPSA) is 40.5 Å². The molecule has 0 radical (unpaired) electrons. The Kier molecular flexibility index (Phi) is 4.22. The molecule has 0 aromatic heterocycles. The number of nitrogens with zero attached hydrogens (tertiary/aromatic N) is 1. The Morgan fingerprint density at radius 1 is 1.17 bits per heavy atom. The van der Waals surface area contributed by atoms with Crippen molar-refractivity contribution < 1.29 is 9.90 Å². The molecule has 1 atom stereocenters. The van der Waals surface area contributed by atoms with Gasteiger partial charge in [0.2, 0.25) is 5.91 Å². The van der Waals surface area contributed by atoms with Gasteiger partial charge in [0.05, 0.1) is 5.60 Å². The maximum Gasteiger partial charge on any atom is 0.227 e. The van der Waals surface area contributed by atoms with Crippen LogP contribution < -0.4 is 4.90 Å². The minimum absolute atomic E-state index is 0.119. The first kappa shape index (κ1) is 15.8. The summed E-state index contributed by atoms with van der Waals surface area (Å²) in [4.78, 5) is 14.5. The van der Waals surface area contributed by atoms with E-state index >= 15 is 0 Å². The fraction of sp³-hybridized carbons (Fsp3) is 0.350. The Morgan fingerprint density at radius 2 is 1.87 bits per heavy atom. The minimum Gasteiger partial charge on any atom is -0.385 e. The number of carbonyl (C=O) groups is 1. The van der Waals surface area contributed by atoms with Crippen molar-refractivity contribution in [1.29, 1.82) is 0 Å². The second-order valence-electron chi connectivity index (χ2n) is 6.57. The van der Waals surface area contributed by atoms with Crippen molar-refractivity contribution in [3.63, 3.8) is 0 Å². The Labute approximate surface area is 137 Å². The molecule has 0 spiro atoms. The zero-order valence-corrected chi connectivity index (χ0v) is 13.7. The van der Waals surface area contributed by atoms with E-state index in [1.807, 2.05) is 36.1 Å². The third-order valence-corrected chi connectivity index (χ3v) is 4.65. The minimum atomic E-state index is -0.857. The van der Waals surface area contributed by atoms with Crippen LogP contribution in [0.2, 0.25) is 0 Å². The molecule has 0 bridgehead atoms. The van der Waals surface area contributed by atoms with Crippen LogP contribution in [0.5, 0.6) is 0 Å². The molecule has 3 heteroatoms. The molecule has 1 aliphatic rings. The molecule has 3 nitrogen and oxygen atoms in total. The number of aryl methyl sites for hydroxylation is 2. The average Bonchev–Trinajstić information content (AvgIpc) is 2.54. The van der Waals surface area contributed by atoms with Crippen molar-refractivity contribution in [1.82, 2.24) is 0 Å². The lowest BCUT2D eigenvalue weighted by molar-refractivity contribution is -0.119. The van der Waals surface area contributed by atoms with E-state index < -0.39 is 5.60 Å². The molecule has 0 saturated carbocycles. The summed E-state index contributed by atoms with van der Waals surface area (Å²) in [5.41, 5.74) is 3.24. The summed E-state index contributed by atoms with van der Waals surface area (Å²) in [5, 5.41) is 10.5. The Bertz CT molecular complexity index is 704. The lowest BCUT2D eigenvalue weighted by Crippen LogP contribution is -2.42. The van der Waals surface area contributed by atoms with Crippen LogP contribution in [0.3, 0.4) is 0 Å². The van der Waals surface area contributed by atoms with Crippen molar-refractivity contribution in [2.75, 3.05) is 11.4 Å². The lowest BCUT2D eigenvalue weighted by atomic mass is 9.87. The van der Waals surface area contributed by atoms with E-state index in [0.717, 1.165) is 17.7 Å². The monoisotopic (exact) mass is 309 g/mol. The predicted molar refractivity (Wildman–Crippen MR) is 92.5 cm³/mol. The molecule has 0 fully saturated rings. The van der Waals surface area contributed by atoms with Gasteiger partial charge in [0.15, 0.2) is 0 Å². The number of anilines is 1. The molecule has 1 amide bonds. The molecule has 0 saturated heterocycles. The van der Waals surface area contributed by atoms with E-state index in [2.05, 4.69) is 31.2 Å². The van der Waals surface area contributed by atoms with E-state index in [1.165, 1.54) is 11.1 Å². The van der Waals surface area contributed by atoms with E-state index in [4.69, 9.17) is 0 Å². The largest absolute Gasteiger partial charge is 0.385 e. The molecule has 2 aromatic rings. The smallest absolute Gasteiger partial charge is 0.227 e. The van der Waals surface area contributed by atoms with Gasteiger partial charge < -0.3 is 10.0 Å². The van der Waals surface area contributed by atoms with Crippen molar-refractivity contribution in [2.45, 2.75) is 38.7 Å². The number of para-hydroxylation sites is 1. The maximum absolute atomic E-state index is 12.7. The second-order valence-corrected chi connectivity index (χ2v) is 6.57. The van der Waals surface area contributed by atoms with Gasteiger partial charge in [0.1, 0.15) is 0 Å². The highest BCUT2D eigenvalue weighted by Gasteiger charge is 2.34. The Hall–Kier alpha value is -2.13. The third-order valence-electron chi connectivity index (χ3n) is 4.65. The summed E-state index contributed by atoms with van der Waals surface area (Å²) in [6.45, 7) is 4.45. The van der Waals surface area contributed by atoms with Crippen LogP contribution in [0, 0.1) is 6.92 Å². The maximum atomic E-state index is 12.7. The van der Waals surface area contributed by atoms with Crippen molar-refractivity contribution in [3.8, 4) is 0 Å². The molecule has 1 aliphatic heterocycles. The molecule has 2 aromatic carbocycles. The summed E-state index contributed by atoms with van der Waals surface area (Å²) in [5.74, 6) is 0.119. The summed E-state index contributed by atoms with van der Waals surface area (Å²) in [6, 6.07) is 16.0. The molecule has 0 aliphatic carbocycles. The standard InChI is InChI=1S/C20H23NO2/c1-15-7-9-16(10-8-15)11-12-19(22)21-14-13-20(2,23)17-5-3-4-6-18(17)21/h3-10,23H,11-14H2,1-2H3. The van der Waals surface area contributed by atoms with Gasteiger partial charge in [-0.15, -0.1) is 0 Å². The quantitative estimate of drug-likeness (QED) is 0.941. The molecular formula is C20H23NO2. The van der Waals surface area contributed by atoms with Crippen LogP contribution in [-0.2, 0) is 16.8 Å². The molecular weight excluding hydrogens is 286 g/mol. The Morgan fingerprint density at radius 3 is 2.61 bits per heavy atom. The van der Waals surface area contributed by atoms with Crippen LogP contribution in [0.15, 0.2) is 48.5 Å². The fourth-order valence-corrected chi connectivity index (χ4v) is 3.15. The molecule has 1 unspecified atom stereocenters. The average molecular weight is 309 g/mol. The van der Waals surface area contributed by atoms with Gasteiger partial charge in [-0.2, -0.15) is 0 Å². The predicted octanol–water partition coefficient (Wildman–Crippen LogP) is 3.57. The van der Waals surface area contributed by atoms with Crippen LogP contribution in [0.1, 0.15) is 36.5 Å². The van der Waals surface area contributed by atoms with Gasteiger partial charge >= 0.3 is 0 Å². The van der Waals surface area contributed by atoms with Gasteiger partial charge in [0, 0.05) is 24.2 Å². The van der Waals surface area contributed by atoms with Gasteiger partial charge in [0.25, 0.3) is 0 Å². The van der Waals surface area contributed by atoms with Crippen molar-refractivity contribution in [2.24, 2.45) is 0 Å². The lowest BCUT2D eigenvalue weighted by Gasteiger charge is -2.38. The van der Waals surface area contributed by atoms with Crippen molar-refractivity contribution >= 4 is 11.6 Å². The number of carbonyl (C=O) groups excluding carboxylic acids is 1. The van der Waals surface area contributed by atoms with Crippen LogP contribution in [-0.4, -0.2) is 17.6 Å². The summed E-state index contributed by atoms with van der Waals surface area (Å²) in [6.07, 6.45) is 1.80. The number of fused-ring (bicyclic) bond motifs is 1. The third kappa shape index (κ3) is 3.30. The number of hydrogen-bond acceptors (Lipinski definition) is 2. The van der Waals surface area contributed by atoms with Gasteiger partial charge in [-0.1, -0.05) is 48.0 Å². The normalized spacial score (nSPS) is 20.2. The highest BCUT2D eigenvalue weighted by Crippen LogP contribution is 2.38. The van der Waals surface area contributed by atoms with Gasteiger partial charge in [-0.25, -0.2) is 0 Å². The second kappa shape index (κ2) is 6.17. The fourth-order valence-electron chi connectivity index (χ4n) is 3.15. The zero-order chi connectivity index (χ0) is 16.4. The number of aliphatic hydroxyl groups is 1. The highest BCUT2D eigenvalue weighted by atomic mass is 16.3. The van der Waals surface area contributed by atoms with Crippen molar-refractivity contribution in [3.05, 3.63) is 65.2 Å². The van der Waals surface area contributed by atoms with Crippen LogP contribution >= 0.6 is 0 Å². The van der Waals surface area contributed by atoms with E-state index in [9.17, 15) is 9.90 Å². The summed E-state index contributed by atoms with van der Waals surface area (Å²) >= 11 is 0. The number of rotatable bonds is 3. The molecule has 1 heterocycles. The highest BCUT2D eigenvalue weighted by molar-refractivity contribution is 5.95. The van der Waals surface area contributed by atoms with Crippen LogP contribution in [0.4, 0.5) is 5.69 Å². The Balaban J connectivity index is 1.74. The SMILES string of the molecule is Cc1ccc(CCC(=O)N2CCC(C)(O)c3ccccc32)cc1. The van der Waals surface area contributed by atoms with E-state index in [1.54, 1.807) is 0 Å². The number of benzene rings is 2. The van der Waals surface area contributed by atoms with E-state index in [0.29, 0.717) is 19.4 Å². The molecule has 1 N–H and O–H groups in total. The molecule has 3 rings (SSSR count). The molecule has 120 valence electrons. The summed E-state index contributed by atoms with van der Waals surface area (Å²) in [7, 11) is 0. The van der Waals surface area contributed by atoms with Crippen LogP contribution in [0.25, 0.3) is 0 Å². The number of amides is 1. The first-order valence-corrected chi connectivity index (χ1v) is 8.15. The van der Waals surface area contributed by atoms with Gasteiger partial charge in [-0.3, -0.25) is 4.79 Å².